The average molecular weight is 291 g/mol. The molecule has 7 heteroatoms. The van der Waals surface area contributed by atoms with Gasteiger partial charge in [-0.05, 0) is 24.3 Å². The van der Waals surface area contributed by atoms with Gasteiger partial charge in [-0.2, -0.15) is 0 Å². The van der Waals surface area contributed by atoms with Crippen molar-refractivity contribution in [2.24, 2.45) is 5.14 Å². The SMILES string of the molecule is NS(=O)(=O)c1ccccc1NC(=O)Nc1ccccc1. The minimum atomic E-state index is -3.89. The Morgan fingerprint density at radius 3 is 2.15 bits per heavy atom. The van der Waals surface area contributed by atoms with Crippen molar-refractivity contribution in [3.63, 3.8) is 0 Å². The van der Waals surface area contributed by atoms with Gasteiger partial charge in [-0.25, -0.2) is 18.4 Å². The van der Waals surface area contributed by atoms with E-state index >= 15 is 0 Å². The smallest absolute Gasteiger partial charge is 0.308 e. The number of hydrogen-bond acceptors (Lipinski definition) is 3. The summed E-state index contributed by atoms with van der Waals surface area (Å²) in [5, 5.41) is 10.1. The third-order valence-corrected chi connectivity index (χ3v) is 3.44. The van der Waals surface area contributed by atoms with E-state index in [9.17, 15) is 13.2 Å². The average Bonchev–Trinajstić information content (AvgIpc) is 2.39. The molecule has 0 atom stereocenters. The molecule has 6 nitrogen and oxygen atoms in total. The molecule has 104 valence electrons. The number of nitrogens with one attached hydrogen (secondary N) is 2. The van der Waals surface area contributed by atoms with Crippen molar-refractivity contribution < 1.29 is 13.2 Å². The van der Waals surface area contributed by atoms with Crippen molar-refractivity contribution >= 4 is 27.4 Å². The van der Waals surface area contributed by atoms with Crippen LogP contribution < -0.4 is 15.8 Å². The highest BCUT2D eigenvalue weighted by Crippen LogP contribution is 2.19. The van der Waals surface area contributed by atoms with Crippen molar-refractivity contribution in [3.8, 4) is 0 Å². The quantitative estimate of drug-likeness (QED) is 0.805. The molecule has 2 amide bonds. The van der Waals surface area contributed by atoms with Crippen LogP contribution in [0.4, 0.5) is 16.2 Å². The summed E-state index contributed by atoms with van der Waals surface area (Å²) in [5.41, 5.74) is 0.724. The number of primary sulfonamides is 1. The number of hydrogen-bond donors (Lipinski definition) is 3. The summed E-state index contributed by atoms with van der Waals surface area (Å²) in [5.74, 6) is 0. The Labute approximate surface area is 116 Å². The molecule has 0 aromatic heterocycles. The first-order chi connectivity index (χ1) is 9.47. The van der Waals surface area contributed by atoms with Gasteiger partial charge < -0.3 is 10.6 Å². The summed E-state index contributed by atoms with van der Waals surface area (Å²) in [6.45, 7) is 0. The lowest BCUT2D eigenvalue weighted by Crippen LogP contribution is -2.22. The zero-order valence-corrected chi connectivity index (χ0v) is 11.2. The Kier molecular flexibility index (Phi) is 4.02. The van der Waals surface area contributed by atoms with Crippen LogP contribution in [-0.4, -0.2) is 14.4 Å². The third-order valence-electron chi connectivity index (χ3n) is 2.47. The van der Waals surface area contributed by atoms with Crippen molar-refractivity contribution in [2.45, 2.75) is 4.90 Å². The molecular formula is C13H13N3O3S. The molecule has 20 heavy (non-hydrogen) atoms. The first-order valence-corrected chi connectivity index (χ1v) is 7.26. The number of amides is 2. The number of benzene rings is 2. The number of carbonyl (C=O) groups excluding carboxylic acids is 1. The van der Waals surface area contributed by atoms with E-state index in [-0.39, 0.29) is 10.6 Å². The second kappa shape index (κ2) is 5.72. The standard InChI is InChI=1S/C13H13N3O3S/c14-20(18,19)12-9-5-4-8-11(12)16-13(17)15-10-6-2-1-3-7-10/h1-9H,(H2,14,18,19)(H2,15,16,17). The maximum absolute atomic E-state index is 11.8. The number of rotatable bonds is 3. The summed E-state index contributed by atoms with van der Waals surface area (Å²) < 4.78 is 22.8. The number of anilines is 2. The van der Waals surface area contributed by atoms with Gasteiger partial charge in [0.05, 0.1) is 5.69 Å². The van der Waals surface area contributed by atoms with Crippen molar-refractivity contribution in [1.82, 2.24) is 0 Å². The van der Waals surface area contributed by atoms with Crippen LogP contribution in [0.15, 0.2) is 59.5 Å². The van der Waals surface area contributed by atoms with E-state index in [0.29, 0.717) is 5.69 Å². The Balaban J connectivity index is 2.17. The van der Waals surface area contributed by atoms with Gasteiger partial charge >= 0.3 is 6.03 Å². The monoisotopic (exact) mass is 291 g/mol. The lowest BCUT2D eigenvalue weighted by molar-refractivity contribution is 0.262. The van der Waals surface area contributed by atoms with E-state index in [4.69, 9.17) is 5.14 Å². The second-order valence-corrected chi connectivity index (χ2v) is 5.52. The predicted octanol–water partition coefficient (Wildman–Crippen LogP) is 1.98. The maximum Gasteiger partial charge on any atom is 0.323 e. The largest absolute Gasteiger partial charge is 0.323 e. The molecule has 0 bridgehead atoms. The molecule has 0 aliphatic rings. The summed E-state index contributed by atoms with van der Waals surface area (Å²) in [6.07, 6.45) is 0. The number of urea groups is 1. The zero-order chi connectivity index (χ0) is 14.6. The molecule has 4 N–H and O–H groups in total. The van der Waals surface area contributed by atoms with Gasteiger partial charge in [0.1, 0.15) is 4.90 Å². The molecule has 0 unspecified atom stereocenters. The first-order valence-electron chi connectivity index (χ1n) is 5.72. The first kappa shape index (κ1) is 14.0. The molecule has 0 saturated carbocycles. The number of para-hydroxylation sites is 2. The number of nitrogens with two attached hydrogens (primary N) is 1. The van der Waals surface area contributed by atoms with Crippen LogP contribution in [0, 0.1) is 0 Å². The molecule has 0 fully saturated rings. The van der Waals surface area contributed by atoms with Gasteiger partial charge in [0.2, 0.25) is 10.0 Å². The minimum Gasteiger partial charge on any atom is -0.308 e. The van der Waals surface area contributed by atoms with E-state index in [1.165, 1.54) is 18.2 Å². The Morgan fingerprint density at radius 1 is 0.900 bits per heavy atom. The van der Waals surface area contributed by atoms with Gasteiger partial charge in [-0.15, -0.1) is 0 Å². The van der Waals surface area contributed by atoms with Crippen LogP contribution in [0.25, 0.3) is 0 Å². The molecule has 0 saturated heterocycles. The zero-order valence-electron chi connectivity index (χ0n) is 10.4. The normalized spacial score (nSPS) is 10.8. The van der Waals surface area contributed by atoms with E-state index in [1.807, 2.05) is 6.07 Å². The number of carbonyl (C=O) groups is 1. The summed E-state index contributed by atoms with van der Waals surface area (Å²) in [7, 11) is -3.89. The Morgan fingerprint density at radius 2 is 1.50 bits per heavy atom. The van der Waals surface area contributed by atoms with Crippen LogP contribution >= 0.6 is 0 Å². The molecule has 0 aliphatic carbocycles. The van der Waals surface area contributed by atoms with Crippen molar-refractivity contribution in [3.05, 3.63) is 54.6 Å². The molecule has 2 rings (SSSR count). The van der Waals surface area contributed by atoms with Crippen LogP contribution in [0.2, 0.25) is 0 Å². The Bertz CT molecular complexity index is 715. The van der Waals surface area contributed by atoms with E-state index in [0.717, 1.165) is 0 Å². The number of sulfonamides is 1. The predicted molar refractivity (Wildman–Crippen MR) is 76.9 cm³/mol. The lowest BCUT2D eigenvalue weighted by Gasteiger charge is -2.10. The highest BCUT2D eigenvalue weighted by molar-refractivity contribution is 7.89. The molecule has 0 heterocycles. The molecule has 0 aliphatic heterocycles. The highest BCUT2D eigenvalue weighted by atomic mass is 32.2. The van der Waals surface area contributed by atoms with Gasteiger partial charge in [-0.3, -0.25) is 0 Å². The van der Waals surface area contributed by atoms with Crippen LogP contribution in [-0.2, 0) is 10.0 Å². The van der Waals surface area contributed by atoms with Crippen molar-refractivity contribution in [2.75, 3.05) is 10.6 Å². The van der Waals surface area contributed by atoms with Gasteiger partial charge in [0.25, 0.3) is 0 Å². The summed E-state index contributed by atoms with van der Waals surface area (Å²) in [6, 6.07) is 14.2. The fourth-order valence-corrected chi connectivity index (χ4v) is 2.32. The highest BCUT2D eigenvalue weighted by Gasteiger charge is 2.14. The van der Waals surface area contributed by atoms with Crippen LogP contribution in [0.1, 0.15) is 0 Å². The molecule has 0 spiro atoms. The molecule has 2 aromatic rings. The van der Waals surface area contributed by atoms with E-state index in [1.54, 1.807) is 30.3 Å². The van der Waals surface area contributed by atoms with E-state index in [2.05, 4.69) is 10.6 Å². The van der Waals surface area contributed by atoms with Gasteiger partial charge in [0, 0.05) is 5.69 Å². The molecule has 0 radical (unpaired) electrons. The minimum absolute atomic E-state index is 0.128. The summed E-state index contributed by atoms with van der Waals surface area (Å²) >= 11 is 0. The second-order valence-electron chi connectivity index (χ2n) is 3.99. The fraction of sp³-hybridized carbons (Fsp3) is 0. The van der Waals surface area contributed by atoms with Crippen molar-refractivity contribution in [1.29, 1.82) is 0 Å². The van der Waals surface area contributed by atoms with Crippen LogP contribution in [0.3, 0.4) is 0 Å². The maximum atomic E-state index is 11.8. The van der Waals surface area contributed by atoms with Gasteiger partial charge in [0.15, 0.2) is 0 Å². The fourth-order valence-electron chi connectivity index (χ4n) is 1.62. The topological polar surface area (TPSA) is 101 Å². The van der Waals surface area contributed by atoms with E-state index < -0.39 is 16.1 Å². The molecule has 2 aromatic carbocycles. The Hall–Kier alpha value is -2.38. The lowest BCUT2D eigenvalue weighted by atomic mass is 10.3. The molecular weight excluding hydrogens is 278 g/mol. The van der Waals surface area contributed by atoms with Crippen LogP contribution in [0.5, 0.6) is 0 Å². The summed E-state index contributed by atoms with van der Waals surface area (Å²) in [4.78, 5) is 11.7. The third kappa shape index (κ3) is 3.56. The van der Waals surface area contributed by atoms with Gasteiger partial charge in [-0.1, -0.05) is 30.3 Å².